The maximum Gasteiger partial charge on any atom is 0.231 e. The predicted molar refractivity (Wildman–Crippen MR) is 159 cm³/mol. The number of rotatable bonds is 8. The van der Waals surface area contributed by atoms with Crippen molar-refractivity contribution in [2.45, 2.75) is 90.4 Å². The van der Waals surface area contributed by atoms with Crippen LogP contribution in [0.2, 0.25) is 0 Å². The lowest BCUT2D eigenvalue weighted by Gasteiger charge is -2.34. The third-order valence-corrected chi connectivity index (χ3v) is 9.88. The standard InChI is InChI=1S/C32H42N4O2S/c1-21(2)31-34-19-29(39-31)26-16-17-33-30(18-26)36(32(37)25-8-6-5-7-9-25)20-23-10-12-24(13-11-23)27-14-15-28(38-4)22(3)35-27/h14-19,21,23-25H,5-13,20H2,1-4H3. The van der Waals surface area contributed by atoms with Crippen molar-refractivity contribution in [3.63, 3.8) is 0 Å². The molecule has 2 aliphatic rings. The molecule has 0 aliphatic heterocycles. The molecule has 0 bridgehead atoms. The maximum absolute atomic E-state index is 14.0. The highest BCUT2D eigenvalue weighted by Crippen LogP contribution is 2.38. The lowest BCUT2D eigenvalue weighted by molar-refractivity contribution is -0.123. The van der Waals surface area contributed by atoms with Crippen molar-refractivity contribution < 1.29 is 9.53 Å². The molecule has 3 aromatic rings. The summed E-state index contributed by atoms with van der Waals surface area (Å²) in [4.78, 5) is 31.3. The third kappa shape index (κ3) is 6.51. The molecule has 0 radical (unpaired) electrons. The van der Waals surface area contributed by atoms with Gasteiger partial charge in [-0.1, -0.05) is 33.1 Å². The number of methoxy groups -OCH3 is 1. The minimum atomic E-state index is 0.114. The Morgan fingerprint density at radius 1 is 1.05 bits per heavy atom. The zero-order valence-corrected chi connectivity index (χ0v) is 24.7. The van der Waals surface area contributed by atoms with Crippen LogP contribution in [-0.4, -0.2) is 34.5 Å². The number of hydrogen-bond donors (Lipinski definition) is 0. The van der Waals surface area contributed by atoms with Gasteiger partial charge < -0.3 is 4.74 Å². The molecule has 0 N–H and O–H groups in total. The predicted octanol–water partition coefficient (Wildman–Crippen LogP) is 7.93. The average molecular weight is 547 g/mol. The largest absolute Gasteiger partial charge is 0.495 e. The van der Waals surface area contributed by atoms with Gasteiger partial charge in [-0.2, -0.15) is 0 Å². The topological polar surface area (TPSA) is 68.2 Å². The fourth-order valence-corrected chi connectivity index (χ4v) is 7.10. The Morgan fingerprint density at radius 3 is 2.49 bits per heavy atom. The van der Waals surface area contributed by atoms with Crippen molar-refractivity contribution in [3.05, 3.63) is 53.1 Å². The second-order valence-electron chi connectivity index (χ2n) is 11.6. The molecule has 2 aliphatic carbocycles. The number of carbonyl (C=O) groups excluding carboxylic acids is 1. The summed E-state index contributed by atoms with van der Waals surface area (Å²) in [6.07, 6.45) is 13.7. The molecule has 3 heterocycles. The number of amides is 1. The molecular weight excluding hydrogens is 504 g/mol. The van der Waals surface area contributed by atoms with Crippen molar-refractivity contribution in [3.8, 4) is 16.2 Å². The van der Waals surface area contributed by atoms with E-state index in [0.717, 1.165) is 90.6 Å². The molecule has 208 valence electrons. The number of aromatic nitrogens is 3. The van der Waals surface area contributed by atoms with E-state index in [-0.39, 0.29) is 11.8 Å². The summed E-state index contributed by atoms with van der Waals surface area (Å²) >= 11 is 1.73. The molecule has 0 spiro atoms. The number of pyridine rings is 2. The Bertz CT molecular complexity index is 1260. The fourth-order valence-electron chi connectivity index (χ4n) is 6.18. The van der Waals surface area contributed by atoms with Gasteiger partial charge >= 0.3 is 0 Å². The molecule has 1 amide bonds. The Morgan fingerprint density at radius 2 is 1.82 bits per heavy atom. The molecule has 39 heavy (non-hydrogen) atoms. The zero-order chi connectivity index (χ0) is 27.4. The van der Waals surface area contributed by atoms with E-state index in [2.05, 4.69) is 31.0 Å². The number of carbonyl (C=O) groups is 1. The number of nitrogens with zero attached hydrogens (tertiary/aromatic N) is 4. The van der Waals surface area contributed by atoms with Crippen LogP contribution in [0, 0.1) is 18.8 Å². The summed E-state index contributed by atoms with van der Waals surface area (Å²) in [5, 5.41) is 1.14. The van der Waals surface area contributed by atoms with Crippen molar-refractivity contribution >= 4 is 23.1 Å². The SMILES string of the molecule is COc1ccc(C2CCC(CN(C(=O)C3CCCCC3)c3cc(-c4cnc(C(C)C)s4)ccn3)CC2)nc1C. The molecule has 5 rings (SSSR count). The second kappa shape index (κ2) is 12.6. The Kier molecular flexibility index (Phi) is 8.96. The molecule has 0 atom stereocenters. The van der Waals surface area contributed by atoms with Gasteiger partial charge in [0.1, 0.15) is 11.6 Å². The lowest BCUT2D eigenvalue weighted by atomic mass is 9.79. The van der Waals surface area contributed by atoms with Crippen LogP contribution >= 0.6 is 11.3 Å². The van der Waals surface area contributed by atoms with Gasteiger partial charge in [-0.05, 0) is 81.2 Å². The van der Waals surface area contributed by atoms with Gasteiger partial charge in [-0.15, -0.1) is 11.3 Å². The molecule has 0 aromatic carbocycles. The summed E-state index contributed by atoms with van der Waals surface area (Å²) in [5.41, 5.74) is 3.21. The molecule has 3 aromatic heterocycles. The first kappa shape index (κ1) is 27.8. The number of anilines is 1. The first-order valence-corrected chi connectivity index (χ1v) is 15.5. The van der Waals surface area contributed by atoms with E-state index in [1.807, 2.05) is 36.4 Å². The van der Waals surface area contributed by atoms with Gasteiger partial charge in [0.15, 0.2) is 0 Å². The highest BCUT2D eigenvalue weighted by molar-refractivity contribution is 7.15. The highest BCUT2D eigenvalue weighted by Gasteiger charge is 2.32. The van der Waals surface area contributed by atoms with Crippen molar-refractivity contribution in [2.24, 2.45) is 11.8 Å². The third-order valence-electron chi connectivity index (χ3n) is 8.53. The maximum atomic E-state index is 14.0. The molecule has 0 unspecified atom stereocenters. The summed E-state index contributed by atoms with van der Waals surface area (Å²) in [6, 6.07) is 8.31. The van der Waals surface area contributed by atoms with E-state index in [0.29, 0.717) is 17.8 Å². The first-order valence-electron chi connectivity index (χ1n) is 14.7. The highest BCUT2D eigenvalue weighted by atomic mass is 32.1. The molecular formula is C32H42N4O2S. The summed E-state index contributed by atoms with van der Waals surface area (Å²) < 4.78 is 5.40. The minimum absolute atomic E-state index is 0.114. The zero-order valence-electron chi connectivity index (χ0n) is 23.9. The van der Waals surface area contributed by atoms with E-state index in [4.69, 9.17) is 14.7 Å². The van der Waals surface area contributed by atoms with Crippen molar-refractivity contribution in [1.29, 1.82) is 0 Å². The van der Waals surface area contributed by atoms with Gasteiger partial charge in [-0.3, -0.25) is 14.7 Å². The molecule has 0 saturated heterocycles. The average Bonchev–Trinajstić information content (AvgIpc) is 3.48. The van der Waals surface area contributed by atoms with Crippen molar-refractivity contribution in [1.82, 2.24) is 15.0 Å². The molecule has 6 nitrogen and oxygen atoms in total. The van der Waals surface area contributed by atoms with Gasteiger partial charge in [-0.25, -0.2) is 9.97 Å². The van der Waals surface area contributed by atoms with E-state index < -0.39 is 0 Å². The van der Waals surface area contributed by atoms with Crippen LogP contribution in [0.25, 0.3) is 10.4 Å². The molecule has 2 saturated carbocycles. The van der Waals surface area contributed by atoms with E-state index in [1.165, 1.54) is 12.1 Å². The van der Waals surface area contributed by atoms with Crippen molar-refractivity contribution in [2.75, 3.05) is 18.6 Å². The normalized spacial score (nSPS) is 20.2. The summed E-state index contributed by atoms with van der Waals surface area (Å²) in [7, 11) is 1.69. The number of thiazole rings is 1. The smallest absolute Gasteiger partial charge is 0.231 e. The van der Waals surface area contributed by atoms with Gasteiger partial charge in [0.05, 0.1) is 22.7 Å². The Balaban J connectivity index is 1.33. The lowest BCUT2D eigenvalue weighted by Crippen LogP contribution is -2.41. The number of hydrogen-bond acceptors (Lipinski definition) is 6. The van der Waals surface area contributed by atoms with Crippen LogP contribution in [0.15, 0.2) is 36.7 Å². The van der Waals surface area contributed by atoms with Crippen LogP contribution in [-0.2, 0) is 4.79 Å². The second-order valence-corrected chi connectivity index (χ2v) is 12.7. The van der Waals surface area contributed by atoms with Crippen LogP contribution in [0.1, 0.15) is 99.9 Å². The molecule has 2 fully saturated rings. The van der Waals surface area contributed by atoms with Crippen LogP contribution in [0.3, 0.4) is 0 Å². The number of ether oxygens (including phenoxy) is 1. The van der Waals surface area contributed by atoms with Crippen LogP contribution in [0.5, 0.6) is 5.75 Å². The summed E-state index contributed by atoms with van der Waals surface area (Å²) in [5.74, 6) is 3.35. The van der Waals surface area contributed by atoms with Gasteiger partial charge in [0.25, 0.3) is 0 Å². The first-order chi connectivity index (χ1) is 18.9. The van der Waals surface area contributed by atoms with E-state index in [1.54, 1.807) is 18.4 Å². The van der Waals surface area contributed by atoms with Crippen LogP contribution in [0.4, 0.5) is 5.82 Å². The van der Waals surface area contributed by atoms with Gasteiger partial charge in [0.2, 0.25) is 5.91 Å². The minimum Gasteiger partial charge on any atom is -0.495 e. The summed E-state index contributed by atoms with van der Waals surface area (Å²) in [6.45, 7) is 7.10. The van der Waals surface area contributed by atoms with Crippen LogP contribution < -0.4 is 9.64 Å². The van der Waals surface area contributed by atoms with E-state index in [9.17, 15) is 4.79 Å². The number of aryl methyl sites for hydroxylation is 1. The Labute approximate surface area is 237 Å². The Hall–Kier alpha value is -2.80. The fraction of sp³-hybridized carbons (Fsp3) is 0.562. The quantitative estimate of drug-likeness (QED) is 0.287. The van der Waals surface area contributed by atoms with Gasteiger partial charge in [0, 0.05) is 42.4 Å². The monoisotopic (exact) mass is 546 g/mol. The van der Waals surface area contributed by atoms with E-state index >= 15 is 0 Å². The molecule has 7 heteroatoms.